The predicted molar refractivity (Wildman–Crippen MR) is 71.5 cm³/mol. The van der Waals surface area contributed by atoms with Crippen molar-refractivity contribution in [3.8, 4) is 11.5 Å². The summed E-state index contributed by atoms with van der Waals surface area (Å²) >= 11 is 1.15. The van der Waals surface area contributed by atoms with Crippen molar-refractivity contribution in [1.29, 1.82) is 0 Å². The first-order chi connectivity index (χ1) is 9.06. The highest BCUT2D eigenvalue weighted by Crippen LogP contribution is 2.34. The number of benzene rings is 1. The Bertz CT molecular complexity index is 526. The highest BCUT2D eigenvalue weighted by Gasteiger charge is 2.28. The van der Waals surface area contributed by atoms with E-state index < -0.39 is 11.2 Å². The van der Waals surface area contributed by atoms with Gasteiger partial charge in [0.2, 0.25) is 0 Å². The molecule has 0 bridgehead atoms. The number of ketones is 1. The lowest BCUT2D eigenvalue weighted by Crippen LogP contribution is -2.18. The molecule has 0 saturated carbocycles. The van der Waals surface area contributed by atoms with Crippen molar-refractivity contribution in [2.45, 2.75) is 11.7 Å². The first kappa shape index (κ1) is 13.7. The third-order valence-corrected chi connectivity index (χ3v) is 4.21. The van der Waals surface area contributed by atoms with Gasteiger partial charge in [-0.1, -0.05) is 0 Å². The molecule has 2 rings (SSSR count). The number of thioether (sulfide) groups is 1. The Kier molecular flexibility index (Phi) is 3.99. The minimum atomic E-state index is -0.902. The van der Waals surface area contributed by atoms with Gasteiger partial charge in [0.25, 0.3) is 0 Å². The second kappa shape index (κ2) is 5.52. The number of carboxylic acids is 1. The highest BCUT2D eigenvalue weighted by atomic mass is 32.2. The molecule has 1 aliphatic heterocycles. The summed E-state index contributed by atoms with van der Waals surface area (Å²) in [7, 11) is 3.01. The van der Waals surface area contributed by atoms with Gasteiger partial charge in [0, 0.05) is 5.56 Å². The highest BCUT2D eigenvalue weighted by molar-refractivity contribution is 8.01. The third-order valence-electron chi connectivity index (χ3n) is 3.01. The topological polar surface area (TPSA) is 72.8 Å². The average molecular weight is 282 g/mol. The van der Waals surface area contributed by atoms with E-state index in [0.717, 1.165) is 11.8 Å². The molecule has 1 atom stereocenters. The lowest BCUT2D eigenvalue weighted by molar-refractivity contribution is -0.136. The number of carboxylic acid groups (broad SMARTS) is 1. The fraction of sp³-hybridized carbons (Fsp3) is 0.385. The molecule has 0 aromatic heterocycles. The van der Waals surface area contributed by atoms with Gasteiger partial charge in [-0.3, -0.25) is 9.59 Å². The van der Waals surface area contributed by atoms with Gasteiger partial charge in [-0.05, 0) is 24.1 Å². The number of Topliss-reactive ketones (excluding diaryl/α,β-unsaturated/α-hetero) is 1. The first-order valence-corrected chi connectivity index (χ1v) is 6.74. The van der Waals surface area contributed by atoms with E-state index >= 15 is 0 Å². The van der Waals surface area contributed by atoms with E-state index in [9.17, 15) is 9.59 Å². The zero-order valence-corrected chi connectivity index (χ0v) is 11.5. The van der Waals surface area contributed by atoms with E-state index in [2.05, 4.69) is 0 Å². The predicted octanol–water partition coefficient (Wildman–Crippen LogP) is 1.63. The maximum Gasteiger partial charge on any atom is 0.316 e. The Morgan fingerprint density at radius 2 is 1.95 bits per heavy atom. The lowest BCUT2D eigenvalue weighted by atomic mass is 9.99. The molecule has 0 amide bonds. The molecule has 1 unspecified atom stereocenters. The van der Waals surface area contributed by atoms with Crippen LogP contribution in [0.5, 0.6) is 11.5 Å². The van der Waals surface area contributed by atoms with Crippen LogP contribution in [0.2, 0.25) is 0 Å². The molecule has 0 saturated heterocycles. The maximum absolute atomic E-state index is 12.0. The van der Waals surface area contributed by atoms with Crippen LogP contribution in [0.1, 0.15) is 15.9 Å². The molecule has 1 aromatic rings. The van der Waals surface area contributed by atoms with Gasteiger partial charge < -0.3 is 14.6 Å². The van der Waals surface area contributed by atoms with Crippen LogP contribution in [0.15, 0.2) is 12.1 Å². The van der Waals surface area contributed by atoms with Gasteiger partial charge >= 0.3 is 5.97 Å². The van der Waals surface area contributed by atoms with Crippen molar-refractivity contribution in [2.24, 2.45) is 0 Å². The van der Waals surface area contributed by atoms with Crippen LogP contribution >= 0.6 is 11.8 Å². The summed E-state index contributed by atoms with van der Waals surface area (Å²) in [4.78, 5) is 23.1. The quantitative estimate of drug-likeness (QED) is 0.908. The van der Waals surface area contributed by atoms with Crippen molar-refractivity contribution < 1.29 is 24.2 Å². The number of fused-ring (bicyclic) bond motifs is 1. The van der Waals surface area contributed by atoms with E-state index in [-0.39, 0.29) is 11.5 Å². The molecule has 102 valence electrons. The Hall–Kier alpha value is -1.69. The molecule has 1 N–H and O–H groups in total. The summed E-state index contributed by atoms with van der Waals surface area (Å²) in [5.41, 5.74) is 1.22. The maximum atomic E-state index is 12.0. The largest absolute Gasteiger partial charge is 0.493 e. The zero-order valence-electron chi connectivity index (χ0n) is 10.6. The van der Waals surface area contributed by atoms with E-state index in [1.165, 1.54) is 14.2 Å². The monoisotopic (exact) mass is 282 g/mol. The molecule has 0 aliphatic carbocycles. The molecule has 6 heteroatoms. The molecule has 1 heterocycles. The summed E-state index contributed by atoms with van der Waals surface area (Å²) in [5, 5.41) is 8.51. The Morgan fingerprint density at radius 3 is 2.53 bits per heavy atom. The number of aliphatic carboxylic acids is 1. The van der Waals surface area contributed by atoms with Crippen LogP contribution in [0.3, 0.4) is 0 Å². The van der Waals surface area contributed by atoms with Crippen molar-refractivity contribution in [3.63, 3.8) is 0 Å². The molecule has 1 aliphatic rings. The molecular formula is C13H14O5S. The third kappa shape index (κ3) is 2.68. The number of rotatable bonds is 3. The number of ether oxygens (including phenoxy) is 2. The standard InChI is InChI=1S/C13H14O5S/c1-17-10-3-7-4-12(13(15)16)19-6-9(14)8(7)5-11(10)18-2/h3,5,12H,4,6H2,1-2H3,(H,15,16). The van der Waals surface area contributed by atoms with Crippen LogP contribution in [-0.4, -0.2) is 42.1 Å². The van der Waals surface area contributed by atoms with Crippen LogP contribution in [0, 0.1) is 0 Å². The van der Waals surface area contributed by atoms with Crippen LogP contribution in [0.4, 0.5) is 0 Å². The van der Waals surface area contributed by atoms with Crippen LogP contribution in [0.25, 0.3) is 0 Å². The van der Waals surface area contributed by atoms with Gasteiger partial charge in [-0.15, -0.1) is 11.8 Å². The molecule has 0 fully saturated rings. The molecule has 0 spiro atoms. The number of methoxy groups -OCH3 is 2. The van der Waals surface area contributed by atoms with Gasteiger partial charge in [0.05, 0.1) is 20.0 Å². The van der Waals surface area contributed by atoms with Crippen LogP contribution < -0.4 is 9.47 Å². The normalized spacial score (nSPS) is 18.4. The average Bonchev–Trinajstić information content (AvgIpc) is 2.56. The van der Waals surface area contributed by atoms with Crippen molar-refractivity contribution >= 4 is 23.5 Å². The number of hydrogen-bond donors (Lipinski definition) is 1. The number of carbonyl (C=O) groups excluding carboxylic acids is 1. The number of hydrogen-bond acceptors (Lipinski definition) is 5. The Morgan fingerprint density at radius 1 is 1.32 bits per heavy atom. The Labute approximate surface area is 114 Å². The van der Waals surface area contributed by atoms with Gasteiger partial charge in [-0.25, -0.2) is 0 Å². The van der Waals surface area contributed by atoms with Crippen molar-refractivity contribution in [1.82, 2.24) is 0 Å². The van der Waals surface area contributed by atoms with Gasteiger partial charge in [0.1, 0.15) is 5.25 Å². The molecule has 0 radical (unpaired) electrons. The lowest BCUT2D eigenvalue weighted by Gasteiger charge is -2.13. The molecular weight excluding hydrogens is 268 g/mol. The second-order valence-electron chi connectivity index (χ2n) is 4.13. The van der Waals surface area contributed by atoms with E-state index in [4.69, 9.17) is 14.6 Å². The smallest absolute Gasteiger partial charge is 0.316 e. The minimum absolute atomic E-state index is 0.0790. The van der Waals surface area contributed by atoms with E-state index in [0.29, 0.717) is 29.0 Å². The van der Waals surface area contributed by atoms with E-state index in [1.54, 1.807) is 12.1 Å². The Balaban J connectivity index is 2.49. The summed E-state index contributed by atoms with van der Waals surface area (Å²) in [6.07, 6.45) is 0.307. The molecule has 1 aromatic carbocycles. The summed E-state index contributed by atoms with van der Waals surface area (Å²) in [6.45, 7) is 0. The fourth-order valence-corrected chi connectivity index (χ4v) is 2.97. The number of carbonyl (C=O) groups is 2. The minimum Gasteiger partial charge on any atom is -0.493 e. The molecule has 5 nitrogen and oxygen atoms in total. The van der Waals surface area contributed by atoms with Gasteiger partial charge in [0.15, 0.2) is 17.3 Å². The van der Waals surface area contributed by atoms with Crippen LogP contribution in [-0.2, 0) is 11.2 Å². The molecule has 19 heavy (non-hydrogen) atoms. The summed E-state index contributed by atoms with van der Waals surface area (Å²) in [5.74, 6) is 0.169. The van der Waals surface area contributed by atoms with Crippen molar-refractivity contribution in [3.05, 3.63) is 23.3 Å². The second-order valence-corrected chi connectivity index (χ2v) is 5.32. The first-order valence-electron chi connectivity index (χ1n) is 5.69. The zero-order chi connectivity index (χ0) is 14.0. The van der Waals surface area contributed by atoms with Crippen molar-refractivity contribution in [2.75, 3.05) is 20.0 Å². The van der Waals surface area contributed by atoms with E-state index in [1.807, 2.05) is 0 Å². The fourth-order valence-electron chi connectivity index (χ4n) is 2.02. The SMILES string of the molecule is COc1cc2c(cc1OC)C(=O)CSC(C(=O)O)C2. The summed E-state index contributed by atoms with van der Waals surface area (Å²) < 4.78 is 10.3. The van der Waals surface area contributed by atoms with Gasteiger partial charge in [-0.2, -0.15) is 0 Å². The summed E-state index contributed by atoms with van der Waals surface area (Å²) in [6, 6.07) is 3.31.